The Morgan fingerprint density at radius 1 is 1.03 bits per heavy atom. The summed E-state index contributed by atoms with van der Waals surface area (Å²) in [5.74, 6) is -0.203. The summed E-state index contributed by atoms with van der Waals surface area (Å²) < 4.78 is 1.45. The maximum atomic E-state index is 12.5. The molecule has 2 N–H and O–H groups in total. The highest BCUT2D eigenvalue weighted by molar-refractivity contribution is 7.19. The summed E-state index contributed by atoms with van der Waals surface area (Å²) in [7, 11) is 0. The van der Waals surface area contributed by atoms with E-state index in [0.29, 0.717) is 23.1 Å². The molecule has 0 unspecified atom stereocenters. The lowest BCUT2D eigenvalue weighted by Gasteiger charge is -2.09. The Morgan fingerprint density at radius 3 is 2.46 bits per heavy atom. The third-order valence-corrected chi connectivity index (χ3v) is 5.78. The number of halogens is 2. The number of hydrogen-bond donors (Lipinski definition) is 2. The Hall–Kier alpha value is -3.11. The van der Waals surface area contributed by atoms with Crippen molar-refractivity contribution in [3.63, 3.8) is 0 Å². The minimum absolute atomic E-state index is 0. The van der Waals surface area contributed by atoms with Gasteiger partial charge in [-0.2, -0.15) is 5.10 Å². The lowest BCUT2D eigenvalue weighted by molar-refractivity contribution is -0.115. The normalized spacial score (nSPS) is 10.4. The number of carbonyl (C=O) groups is 1. The van der Waals surface area contributed by atoms with Crippen LogP contribution in [0.2, 0.25) is 0 Å². The molecule has 0 aliphatic rings. The number of amides is 1. The van der Waals surface area contributed by atoms with E-state index >= 15 is 0 Å². The van der Waals surface area contributed by atoms with Gasteiger partial charge in [0.15, 0.2) is 5.13 Å². The molecule has 1 aromatic carbocycles. The number of benzene rings is 1. The average molecular weight is 533 g/mol. The van der Waals surface area contributed by atoms with Crippen molar-refractivity contribution in [2.24, 2.45) is 0 Å². The quantitative estimate of drug-likeness (QED) is 0.344. The van der Waals surface area contributed by atoms with Crippen LogP contribution in [-0.2, 0) is 11.3 Å². The van der Waals surface area contributed by atoms with Crippen LogP contribution in [0.1, 0.15) is 25.6 Å². The van der Waals surface area contributed by atoms with E-state index in [2.05, 4.69) is 25.7 Å². The first-order chi connectivity index (χ1) is 16.0. The van der Waals surface area contributed by atoms with E-state index in [9.17, 15) is 9.59 Å². The van der Waals surface area contributed by atoms with E-state index in [1.807, 2.05) is 62.4 Å². The topological polar surface area (TPSA) is 102 Å². The minimum Gasteiger partial charge on any atom is -0.303 e. The first-order valence-corrected chi connectivity index (χ1v) is 11.4. The molecule has 3 heterocycles. The van der Waals surface area contributed by atoms with E-state index in [1.54, 1.807) is 12.3 Å². The first kappa shape index (κ1) is 28.1. The van der Waals surface area contributed by atoms with Crippen LogP contribution in [0.15, 0.2) is 71.7 Å². The highest BCUT2D eigenvalue weighted by Gasteiger charge is 2.18. The number of pyridine rings is 1. The number of carbonyl (C=O) groups excluding carboxylic acids is 1. The molecule has 3 aromatic heterocycles. The summed E-state index contributed by atoms with van der Waals surface area (Å²) in [4.78, 5) is 34.4. The fourth-order valence-corrected chi connectivity index (χ4v) is 4.19. The Labute approximate surface area is 219 Å². The fourth-order valence-electron chi connectivity index (χ4n) is 3.23. The van der Waals surface area contributed by atoms with Crippen molar-refractivity contribution < 1.29 is 4.79 Å². The lowest BCUT2D eigenvalue weighted by atomic mass is 10.1. The summed E-state index contributed by atoms with van der Waals surface area (Å²) in [6.07, 6.45) is 1.72. The molecule has 0 saturated heterocycles. The van der Waals surface area contributed by atoms with Crippen LogP contribution in [0.4, 0.5) is 5.13 Å². The second-order valence-corrected chi connectivity index (χ2v) is 8.63. The molecule has 1 amide bonds. The predicted octanol–water partition coefficient (Wildman–Crippen LogP) is 4.58. The molecule has 0 bridgehead atoms. The number of aromatic nitrogens is 4. The van der Waals surface area contributed by atoms with Crippen LogP contribution >= 0.6 is 36.2 Å². The molecule has 11 heteroatoms. The van der Waals surface area contributed by atoms with Gasteiger partial charge in [0, 0.05) is 24.4 Å². The number of nitrogens with zero attached hydrogens (tertiary/aromatic N) is 4. The van der Waals surface area contributed by atoms with Crippen molar-refractivity contribution in [2.45, 2.75) is 26.4 Å². The molecule has 0 aliphatic heterocycles. The molecule has 0 atom stereocenters. The minimum atomic E-state index is -0.203. The largest absolute Gasteiger partial charge is 0.303 e. The predicted molar refractivity (Wildman–Crippen MR) is 144 cm³/mol. The zero-order chi connectivity index (χ0) is 23.2. The molecule has 8 nitrogen and oxygen atoms in total. The lowest BCUT2D eigenvalue weighted by Crippen LogP contribution is -2.27. The SMILES string of the molecule is CC(C)n1nc(-c2sc(NC(=O)CNCc3ccccn3)nc2-c2ccccc2)ccc1=O.Cl.Cl. The Balaban J connectivity index is 0.00000216. The number of anilines is 1. The van der Waals surface area contributed by atoms with Gasteiger partial charge in [-0.25, -0.2) is 9.67 Å². The second kappa shape index (κ2) is 13.1. The monoisotopic (exact) mass is 532 g/mol. The molecule has 184 valence electrons. The second-order valence-electron chi connectivity index (χ2n) is 7.63. The van der Waals surface area contributed by atoms with Crippen LogP contribution in [0.5, 0.6) is 0 Å². The molecule has 0 saturated carbocycles. The van der Waals surface area contributed by atoms with Crippen molar-refractivity contribution >= 4 is 47.2 Å². The summed E-state index contributed by atoms with van der Waals surface area (Å²) in [6, 6.07) is 18.5. The molecular weight excluding hydrogens is 507 g/mol. The zero-order valence-electron chi connectivity index (χ0n) is 19.2. The van der Waals surface area contributed by atoms with Crippen LogP contribution < -0.4 is 16.2 Å². The standard InChI is InChI=1S/C24H24N6O2S.2ClH/c1-16(2)30-21(32)12-11-19(29-30)23-22(17-8-4-3-5-9-17)28-24(33-23)27-20(31)15-25-14-18-10-6-7-13-26-18;;/h3-13,16,25H,14-15H2,1-2H3,(H,27,28,31);2*1H. The third-order valence-electron chi connectivity index (χ3n) is 4.79. The van der Waals surface area contributed by atoms with Gasteiger partial charge in [-0.1, -0.05) is 47.7 Å². The smallest absolute Gasteiger partial charge is 0.267 e. The summed E-state index contributed by atoms with van der Waals surface area (Å²) in [5, 5.41) is 11.0. The van der Waals surface area contributed by atoms with Crippen molar-refractivity contribution in [1.29, 1.82) is 0 Å². The molecule has 4 aromatic rings. The molecule has 35 heavy (non-hydrogen) atoms. The number of hydrogen-bond acceptors (Lipinski definition) is 7. The maximum Gasteiger partial charge on any atom is 0.267 e. The summed E-state index contributed by atoms with van der Waals surface area (Å²) >= 11 is 1.33. The van der Waals surface area contributed by atoms with Gasteiger partial charge in [0.1, 0.15) is 5.69 Å². The van der Waals surface area contributed by atoms with Crippen molar-refractivity contribution in [1.82, 2.24) is 25.1 Å². The van der Waals surface area contributed by atoms with Crippen LogP contribution in [0, 0.1) is 0 Å². The molecule has 4 rings (SSSR count). The maximum absolute atomic E-state index is 12.5. The Kier molecular flexibility index (Phi) is 10.5. The first-order valence-electron chi connectivity index (χ1n) is 10.6. The number of rotatable bonds is 8. The van der Waals surface area contributed by atoms with Gasteiger partial charge in [0.05, 0.1) is 28.9 Å². The molecule has 0 radical (unpaired) electrons. The molecule has 0 aliphatic carbocycles. The molecule has 0 fully saturated rings. The van der Waals surface area contributed by atoms with E-state index in [1.165, 1.54) is 22.1 Å². The fraction of sp³-hybridized carbons (Fsp3) is 0.208. The number of thiazole rings is 1. The van der Waals surface area contributed by atoms with Crippen molar-refractivity contribution in [3.8, 4) is 21.8 Å². The van der Waals surface area contributed by atoms with E-state index in [4.69, 9.17) is 0 Å². The number of nitrogens with one attached hydrogen (secondary N) is 2. The Bertz CT molecular complexity index is 1300. The van der Waals surface area contributed by atoms with Gasteiger partial charge >= 0.3 is 0 Å². The van der Waals surface area contributed by atoms with Crippen molar-refractivity contribution in [2.75, 3.05) is 11.9 Å². The van der Waals surface area contributed by atoms with Gasteiger partial charge in [0.25, 0.3) is 5.56 Å². The highest BCUT2D eigenvalue weighted by atomic mass is 35.5. The van der Waals surface area contributed by atoms with E-state index in [-0.39, 0.29) is 48.9 Å². The molecular formula is C24H26Cl2N6O2S. The van der Waals surface area contributed by atoms with Crippen LogP contribution in [0.25, 0.3) is 21.8 Å². The summed E-state index contributed by atoms with van der Waals surface area (Å²) in [5.41, 5.74) is 2.94. The van der Waals surface area contributed by atoms with Gasteiger partial charge in [-0.15, -0.1) is 24.8 Å². The van der Waals surface area contributed by atoms with Gasteiger partial charge in [-0.3, -0.25) is 14.6 Å². The van der Waals surface area contributed by atoms with E-state index < -0.39 is 0 Å². The highest BCUT2D eigenvalue weighted by Crippen LogP contribution is 2.37. The Morgan fingerprint density at radius 2 is 1.77 bits per heavy atom. The van der Waals surface area contributed by atoms with Gasteiger partial charge in [0.2, 0.25) is 5.91 Å². The van der Waals surface area contributed by atoms with Gasteiger partial charge < -0.3 is 10.6 Å². The zero-order valence-corrected chi connectivity index (χ0v) is 21.6. The third kappa shape index (κ3) is 7.19. The van der Waals surface area contributed by atoms with Gasteiger partial charge in [-0.05, 0) is 32.0 Å². The van der Waals surface area contributed by atoms with Crippen LogP contribution in [-0.4, -0.2) is 32.2 Å². The summed E-state index contributed by atoms with van der Waals surface area (Å²) in [6.45, 7) is 4.44. The molecule has 0 spiro atoms. The van der Waals surface area contributed by atoms with Crippen molar-refractivity contribution in [3.05, 3.63) is 82.9 Å². The average Bonchev–Trinajstić information content (AvgIpc) is 3.24. The van der Waals surface area contributed by atoms with Crippen LogP contribution in [0.3, 0.4) is 0 Å². The van der Waals surface area contributed by atoms with E-state index in [0.717, 1.165) is 16.1 Å².